The molecule has 1 N–H and O–H groups in total. The highest BCUT2D eigenvalue weighted by Crippen LogP contribution is 2.25. The van der Waals surface area contributed by atoms with Crippen molar-refractivity contribution < 1.29 is 4.79 Å². The van der Waals surface area contributed by atoms with Crippen LogP contribution in [0.15, 0.2) is 65.3 Å². The number of anilines is 2. The number of nitrogens with zero attached hydrogens (tertiary/aromatic N) is 3. The number of piperidine rings is 1. The summed E-state index contributed by atoms with van der Waals surface area (Å²) in [7, 11) is 0. The summed E-state index contributed by atoms with van der Waals surface area (Å²) in [6, 6.07) is 17.9. The van der Waals surface area contributed by atoms with E-state index in [4.69, 9.17) is 4.98 Å². The van der Waals surface area contributed by atoms with Crippen molar-refractivity contribution in [2.75, 3.05) is 23.3 Å². The van der Waals surface area contributed by atoms with Crippen molar-refractivity contribution in [1.82, 2.24) is 9.97 Å². The van der Waals surface area contributed by atoms with Gasteiger partial charge in [-0.2, -0.15) is 0 Å². The van der Waals surface area contributed by atoms with Gasteiger partial charge in [-0.15, -0.1) is 0 Å². The van der Waals surface area contributed by atoms with E-state index in [9.17, 15) is 4.79 Å². The van der Waals surface area contributed by atoms with E-state index in [0.29, 0.717) is 0 Å². The van der Waals surface area contributed by atoms with Crippen LogP contribution in [-0.4, -0.2) is 29.0 Å². The van der Waals surface area contributed by atoms with Crippen LogP contribution in [0.2, 0.25) is 0 Å². The summed E-state index contributed by atoms with van der Waals surface area (Å²) in [5, 5.41) is 3.02. The Kier molecular flexibility index (Phi) is 5.90. The average Bonchev–Trinajstić information content (AvgIpc) is 2.76. The monoisotopic (exact) mass is 450 g/mol. The van der Waals surface area contributed by atoms with Crippen molar-refractivity contribution in [2.24, 2.45) is 5.92 Å². The minimum Gasteiger partial charge on any atom is -0.356 e. The van der Waals surface area contributed by atoms with Crippen LogP contribution >= 0.6 is 15.9 Å². The van der Waals surface area contributed by atoms with E-state index in [1.54, 1.807) is 0 Å². The van der Waals surface area contributed by atoms with E-state index in [-0.39, 0.29) is 11.8 Å². The lowest BCUT2D eigenvalue weighted by Crippen LogP contribution is -2.38. The summed E-state index contributed by atoms with van der Waals surface area (Å²) in [6.45, 7) is 3.68. The zero-order valence-electron chi connectivity index (χ0n) is 16.3. The highest BCUT2D eigenvalue weighted by molar-refractivity contribution is 9.10. The molecule has 1 aliphatic heterocycles. The molecular formula is C23H23BrN4O. The van der Waals surface area contributed by atoms with E-state index in [0.717, 1.165) is 53.3 Å². The second-order valence-electron chi connectivity index (χ2n) is 7.36. The van der Waals surface area contributed by atoms with Crippen LogP contribution in [0.25, 0.3) is 11.4 Å². The second-order valence-corrected chi connectivity index (χ2v) is 8.28. The molecular weight excluding hydrogens is 428 g/mol. The van der Waals surface area contributed by atoms with Crippen LogP contribution in [0.4, 0.5) is 11.5 Å². The number of benzene rings is 2. The van der Waals surface area contributed by atoms with Crippen molar-refractivity contribution in [1.29, 1.82) is 0 Å². The quantitative estimate of drug-likeness (QED) is 0.602. The Morgan fingerprint density at radius 2 is 1.72 bits per heavy atom. The van der Waals surface area contributed by atoms with Gasteiger partial charge < -0.3 is 10.2 Å². The van der Waals surface area contributed by atoms with E-state index in [2.05, 4.69) is 50.2 Å². The summed E-state index contributed by atoms with van der Waals surface area (Å²) in [4.78, 5) is 24.0. The molecule has 0 bridgehead atoms. The average molecular weight is 451 g/mol. The Morgan fingerprint density at radius 3 is 2.41 bits per heavy atom. The Balaban J connectivity index is 1.38. The lowest BCUT2D eigenvalue weighted by atomic mass is 9.96. The third kappa shape index (κ3) is 4.82. The van der Waals surface area contributed by atoms with Gasteiger partial charge in [-0.3, -0.25) is 4.79 Å². The first-order valence-corrected chi connectivity index (χ1v) is 10.6. The van der Waals surface area contributed by atoms with Crippen LogP contribution in [0.3, 0.4) is 0 Å². The minimum atomic E-state index is 0.0216. The molecule has 1 fully saturated rings. The molecule has 3 aromatic rings. The number of aromatic nitrogens is 2. The maximum atomic E-state index is 12.6. The lowest BCUT2D eigenvalue weighted by molar-refractivity contribution is -0.120. The highest BCUT2D eigenvalue weighted by atomic mass is 79.9. The molecule has 1 aromatic heterocycles. The number of nitrogens with one attached hydrogen (secondary N) is 1. The number of halogens is 1. The molecule has 0 saturated carbocycles. The summed E-state index contributed by atoms with van der Waals surface area (Å²) >= 11 is 3.41. The molecule has 0 unspecified atom stereocenters. The van der Waals surface area contributed by atoms with Gasteiger partial charge in [0.25, 0.3) is 0 Å². The number of hydrogen-bond donors (Lipinski definition) is 1. The smallest absolute Gasteiger partial charge is 0.227 e. The van der Waals surface area contributed by atoms with Gasteiger partial charge in [0.2, 0.25) is 5.91 Å². The van der Waals surface area contributed by atoms with Crippen molar-refractivity contribution in [3.63, 3.8) is 0 Å². The second kappa shape index (κ2) is 8.74. The van der Waals surface area contributed by atoms with Crippen molar-refractivity contribution in [2.45, 2.75) is 19.8 Å². The van der Waals surface area contributed by atoms with Crippen molar-refractivity contribution in [3.8, 4) is 11.4 Å². The molecule has 5 nitrogen and oxygen atoms in total. The predicted octanol–water partition coefficient (Wildman–Crippen LogP) is 5.07. The molecule has 2 heterocycles. The SMILES string of the molecule is Cc1ccc(-c2nccc(N3CCC(C(=O)Nc4ccc(Br)cc4)CC3)n2)cc1. The molecule has 1 aliphatic rings. The number of amides is 1. The van der Waals surface area contributed by atoms with Gasteiger partial charge in [0.1, 0.15) is 5.82 Å². The fourth-order valence-corrected chi connectivity index (χ4v) is 3.78. The van der Waals surface area contributed by atoms with E-state index >= 15 is 0 Å². The molecule has 6 heteroatoms. The number of carbonyl (C=O) groups is 1. The molecule has 0 atom stereocenters. The summed E-state index contributed by atoms with van der Waals surface area (Å²) in [5.41, 5.74) is 3.06. The third-order valence-corrected chi connectivity index (χ3v) is 5.78. The number of carbonyl (C=O) groups excluding carboxylic acids is 1. The minimum absolute atomic E-state index is 0.0216. The zero-order chi connectivity index (χ0) is 20.2. The fourth-order valence-electron chi connectivity index (χ4n) is 3.52. The van der Waals surface area contributed by atoms with Crippen LogP contribution in [0.5, 0.6) is 0 Å². The van der Waals surface area contributed by atoms with Crippen LogP contribution in [0, 0.1) is 12.8 Å². The van der Waals surface area contributed by atoms with Gasteiger partial charge in [0.05, 0.1) is 0 Å². The maximum absolute atomic E-state index is 12.6. The Morgan fingerprint density at radius 1 is 1.03 bits per heavy atom. The zero-order valence-corrected chi connectivity index (χ0v) is 17.9. The van der Waals surface area contributed by atoms with Crippen LogP contribution in [-0.2, 0) is 4.79 Å². The summed E-state index contributed by atoms with van der Waals surface area (Å²) in [5.74, 6) is 1.77. The number of rotatable bonds is 4. The lowest BCUT2D eigenvalue weighted by Gasteiger charge is -2.32. The molecule has 148 valence electrons. The predicted molar refractivity (Wildman–Crippen MR) is 120 cm³/mol. The normalized spacial score (nSPS) is 14.6. The van der Waals surface area contributed by atoms with Gasteiger partial charge >= 0.3 is 0 Å². The third-order valence-electron chi connectivity index (χ3n) is 5.25. The van der Waals surface area contributed by atoms with E-state index in [1.807, 2.05) is 48.7 Å². The first kappa shape index (κ1) is 19.6. The van der Waals surface area contributed by atoms with Gasteiger partial charge in [0.15, 0.2) is 5.82 Å². The maximum Gasteiger partial charge on any atom is 0.227 e. The van der Waals surface area contributed by atoms with E-state index < -0.39 is 0 Å². The summed E-state index contributed by atoms with van der Waals surface area (Å²) < 4.78 is 0.999. The highest BCUT2D eigenvalue weighted by Gasteiger charge is 2.26. The largest absolute Gasteiger partial charge is 0.356 e. The van der Waals surface area contributed by atoms with E-state index in [1.165, 1.54) is 5.56 Å². The molecule has 4 rings (SSSR count). The van der Waals surface area contributed by atoms with Crippen LogP contribution in [0.1, 0.15) is 18.4 Å². The Hall–Kier alpha value is -2.73. The van der Waals surface area contributed by atoms with Gasteiger partial charge in [-0.1, -0.05) is 45.8 Å². The first-order valence-electron chi connectivity index (χ1n) is 9.80. The number of hydrogen-bond acceptors (Lipinski definition) is 4. The van der Waals surface area contributed by atoms with Gasteiger partial charge in [-0.05, 0) is 50.1 Å². The molecule has 0 aliphatic carbocycles. The van der Waals surface area contributed by atoms with Crippen molar-refractivity contribution in [3.05, 3.63) is 70.8 Å². The topological polar surface area (TPSA) is 58.1 Å². The first-order chi connectivity index (χ1) is 14.1. The molecule has 2 aromatic carbocycles. The molecule has 0 spiro atoms. The standard InChI is InChI=1S/C23H23BrN4O/c1-16-2-4-17(5-3-16)22-25-13-10-21(27-22)28-14-11-18(12-15-28)23(29)26-20-8-6-19(24)7-9-20/h2-10,13,18H,11-12,14-15H2,1H3,(H,26,29). The number of aryl methyl sites for hydroxylation is 1. The molecule has 29 heavy (non-hydrogen) atoms. The van der Waals surface area contributed by atoms with Crippen molar-refractivity contribution >= 4 is 33.3 Å². The summed E-state index contributed by atoms with van der Waals surface area (Å²) in [6.07, 6.45) is 3.43. The van der Waals surface area contributed by atoms with Gasteiger partial charge in [-0.25, -0.2) is 9.97 Å². The molecule has 1 amide bonds. The van der Waals surface area contributed by atoms with Gasteiger partial charge in [0, 0.05) is 40.9 Å². The van der Waals surface area contributed by atoms with Crippen LogP contribution < -0.4 is 10.2 Å². The Labute approximate surface area is 179 Å². The Bertz CT molecular complexity index is 981. The molecule has 0 radical (unpaired) electrons. The molecule has 1 saturated heterocycles. The fraction of sp³-hybridized carbons (Fsp3) is 0.261.